The van der Waals surface area contributed by atoms with Crippen molar-refractivity contribution in [2.24, 2.45) is 10.9 Å². The van der Waals surface area contributed by atoms with Crippen LogP contribution in [-0.2, 0) is 24.3 Å². The first-order valence-corrected chi connectivity index (χ1v) is 11.4. The molecular formula is C23H32N4OS. The standard InChI is InChI=1S/C23H32N4OS/c1-3-24-23(25-15-18(2)13-21-9-6-12-29-21)26-16-19-7-4-8-20(14-19)17-27-11-5-10-22(27)28/h4,6-9,12,14,18H,3,5,10-11,13,15-17H2,1-2H3,(H2,24,25,26). The van der Waals surface area contributed by atoms with Crippen molar-refractivity contribution >= 4 is 23.2 Å². The molecule has 0 saturated carbocycles. The van der Waals surface area contributed by atoms with Gasteiger partial charge in [-0.3, -0.25) is 4.79 Å². The van der Waals surface area contributed by atoms with Crippen molar-refractivity contribution in [2.75, 3.05) is 19.6 Å². The highest BCUT2D eigenvalue weighted by Gasteiger charge is 2.19. The minimum absolute atomic E-state index is 0.267. The van der Waals surface area contributed by atoms with Crippen molar-refractivity contribution in [1.82, 2.24) is 15.5 Å². The Morgan fingerprint density at radius 3 is 2.83 bits per heavy atom. The average Bonchev–Trinajstić information content (AvgIpc) is 3.36. The van der Waals surface area contributed by atoms with Crippen molar-refractivity contribution < 1.29 is 4.79 Å². The molecule has 1 saturated heterocycles. The Morgan fingerprint density at radius 2 is 2.10 bits per heavy atom. The number of rotatable bonds is 9. The fourth-order valence-electron chi connectivity index (χ4n) is 3.55. The Bertz CT molecular complexity index is 803. The van der Waals surface area contributed by atoms with Gasteiger partial charge in [0.15, 0.2) is 5.96 Å². The zero-order valence-corrected chi connectivity index (χ0v) is 18.3. The van der Waals surface area contributed by atoms with Gasteiger partial charge < -0.3 is 15.5 Å². The highest BCUT2D eigenvalue weighted by molar-refractivity contribution is 7.09. The van der Waals surface area contributed by atoms with E-state index in [9.17, 15) is 4.79 Å². The molecule has 1 aliphatic rings. The summed E-state index contributed by atoms with van der Waals surface area (Å²) in [7, 11) is 0. The number of benzene rings is 1. The van der Waals surface area contributed by atoms with Gasteiger partial charge in [0.1, 0.15) is 0 Å². The van der Waals surface area contributed by atoms with E-state index in [1.165, 1.54) is 10.4 Å². The number of aliphatic imine (C=N–C) groups is 1. The molecule has 0 spiro atoms. The molecule has 1 atom stereocenters. The second kappa shape index (κ2) is 11.0. The molecule has 0 radical (unpaired) electrons. The third kappa shape index (κ3) is 6.89. The molecule has 2 N–H and O–H groups in total. The van der Waals surface area contributed by atoms with Crippen molar-refractivity contribution in [1.29, 1.82) is 0 Å². The summed E-state index contributed by atoms with van der Waals surface area (Å²) in [5.74, 6) is 1.66. The maximum atomic E-state index is 11.9. The van der Waals surface area contributed by atoms with Crippen LogP contribution in [0.25, 0.3) is 0 Å². The highest BCUT2D eigenvalue weighted by atomic mass is 32.1. The van der Waals surface area contributed by atoms with Crippen LogP contribution in [0.3, 0.4) is 0 Å². The summed E-state index contributed by atoms with van der Waals surface area (Å²) < 4.78 is 0. The first kappa shape index (κ1) is 21.4. The number of likely N-dealkylation sites (tertiary alicyclic amines) is 1. The minimum Gasteiger partial charge on any atom is -0.357 e. The van der Waals surface area contributed by atoms with Crippen LogP contribution in [0.5, 0.6) is 0 Å². The van der Waals surface area contributed by atoms with Crippen LogP contribution in [0.4, 0.5) is 0 Å². The van der Waals surface area contributed by atoms with E-state index < -0.39 is 0 Å². The number of guanidine groups is 1. The molecule has 3 rings (SSSR count). The van der Waals surface area contributed by atoms with Crippen LogP contribution < -0.4 is 10.6 Å². The summed E-state index contributed by atoms with van der Waals surface area (Å²) in [6.07, 6.45) is 2.75. The quantitative estimate of drug-likeness (QED) is 0.486. The summed E-state index contributed by atoms with van der Waals surface area (Å²) in [5, 5.41) is 8.94. The fourth-order valence-corrected chi connectivity index (χ4v) is 4.42. The highest BCUT2D eigenvalue weighted by Crippen LogP contribution is 2.16. The summed E-state index contributed by atoms with van der Waals surface area (Å²) in [5.41, 5.74) is 2.34. The van der Waals surface area contributed by atoms with E-state index in [0.29, 0.717) is 25.4 Å². The number of amides is 1. The van der Waals surface area contributed by atoms with Crippen molar-refractivity contribution in [3.8, 4) is 0 Å². The molecule has 2 aromatic rings. The lowest BCUT2D eigenvalue weighted by molar-refractivity contribution is -0.128. The molecule has 1 amide bonds. The van der Waals surface area contributed by atoms with Gasteiger partial charge in [-0.1, -0.05) is 37.3 Å². The molecule has 6 heteroatoms. The topological polar surface area (TPSA) is 56.7 Å². The summed E-state index contributed by atoms with van der Waals surface area (Å²) in [6.45, 7) is 8.27. The average molecular weight is 413 g/mol. The largest absolute Gasteiger partial charge is 0.357 e. The van der Waals surface area contributed by atoms with Gasteiger partial charge >= 0.3 is 0 Å². The molecule has 156 valence electrons. The van der Waals surface area contributed by atoms with Crippen molar-refractivity contribution in [2.45, 2.75) is 46.2 Å². The lowest BCUT2D eigenvalue weighted by atomic mass is 10.1. The van der Waals surface area contributed by atoms with Gasteiger partial charge in [-0.15, -0.1) is 11.3 Å². The van der Waals surface area contributed by atoms with Crippen LogP contribution in [0, 0.1) is 5.92 Å². The molecule has 1 aliphatic heterocycles. The summed E-state index contributed by atoms with van der Waals surface area (Å²) in [6, 6.07) is 12.7. The molecule has 0 bridgehead atoms. The van der Waals surface area contributed by atoms with E-state index in [-0.39, 0.29) is 5.91 Å². The third-order valence-corrected chi connectivity index (χ3v) is 5.95. The Morgan fingerprint density at radius 1 is 1.24 bits per heavy atom. The van der Waals surface area contributed by atoms with Crippen LogP contribution >= 0.6 is 11.3 Å². The van der Waals surface area contributed by atoms with Gasteiger partial charge in [0.05, 0.1) is 6.54 Å². The fraction of sp³-hybridized carbons (Fsp3) is 0.478. The lowest BCUT2D eigenvalue weighted by Crippen LogP contribution is -2.39. The Hall–Kier alpha value is -2.34. The molecule has 2 heterocycles. The van der Waals surface area contributed by atoms with Crippen molar-refractivity contribution in [3.63, 3.8) is 0 Å². The monoisotopic (exact) mass is 412 g/mol. The van der Waals surface area contributed by atoms with Gasteiger partial charge in [0.2, 0.25) is 5.91 Å². The van der Waals surface area contributed by atoms with Crippen LogP contribution in [0.1, 0.15) is 42.7 Å². The second-order valence-electron chi connectivity index (χ2n) is 7.70. The lowest BCUT2D eigenvalue weighted by Gasteiger charge is -2.16. The number of carbonyl (C=O) groups is 1. The summed E-state index contributed by atoms with van der Waals surface area (Å²) >= 11 is 1.82. The normalized spacial score (nSPS) is 15.6. The molecule has 1 aromatic heterocycles. The predicted molar refractivity (Wildman–Crippen MR) is 121 cm³/mol. The summed E-state index contributed by atoms with van der Waals surface area (Å²) in [4.78, 5) is 20.0. The van der Waals surface area contributed by atoms with Gasteiger partial charge in [-0.25, -0.2) is 4.99 Å². The molecule has 5 nitrogen and oxygen atoms in total. The van der Waals surface area contributed by atoms with E-state index in [2.05, 4.69) is 66.3 Å². The number of nitrogens with zero attached hydrogens (tertiary/aromatic N) is 2. The van der Waals surface area contributed by atoms with E-state index in [0.717, 1.165) is 44.0 Å². The zero-order chi connectivity index (χ0) is 20.5. The molecule has 1 unspecified atom stereocenters. The Labute approximate surface area is 178 Å². The SMILES string of the molecule is CCNC(=NCc1cccc(CN2CCCC2=O)c1)NCC(C)Cc1cccs1. The van der Waals surface area contributed by atoms with Crippen molar-refractivity contribution in [3.05, 3.63) is 57.8 Å². The molecule has 29 heavy (non-hydrogen) atoms. The number of hydrogen-bond acceptors (Lipinski definition) is 3. The van der Waals surface area contributed by atoms with Gasteiger partial charge in [0, 0.05) is 37.5 Å². The third-order valence-electron chi connectivity index (χ3n) is 5.05. The number of thiophene rings is 1. The first-order valence-electron chi connectivity index (χ1n) is 10.5. The smallest absolute Gasteiger partial charge is 0.222 e. The van der Waals surface area contributed by atoms with E-state index >= 15 is 0 Å². The van der Waals surface area contributed by atoms with Crippen LogP contribution in [0.15, 0.2) is 46.8 Å². The maximum Gasteiger partial charge on any atom is 0.222 e. The zero-order valence-electron chi connectivity index (χ0n) is 17.5. The number of nitrogens with one attached hydrogen (secondary N) is 2. The number of carbonyl (C=O) groups excluding carboxylic acids is 1. The predicted octanol–water partition coefficient (Wildman–Crippen LogP) is 3.80. The minimum atomic E-state index is 0.267. The maximum absolute atomic E-state index is 11.9. The van der Waals surface area contributed by atoms with Gasteiger partial charge in [-0.2, -0.15) is 0 Å². The van der Waals surface area contributed by atoms with Gasteiger partial charge in [0.25, 0.3) is 0 Å². The Kier molecular flexibility index (Phi) is 8.11. The van der Waals surface area contributed by atoms with Crippen LogP contribution in [0.2, 0.25) is 0 Å². The molecular weight excluding hydrogens is 380 g/mol. The molecule has 1 fully saturated rings. The van der Waals surface area contributed by atoms with E-state index in [1.807, 2.05) is 16.2 Å². The molecule has 1 aromatic carbocycles. The van der Waals surface area contributed by atoms with Crippen LogP contribution in [-0.4, -0.2) is 36.4 Å². The first-order chi connectivity index (χ1) is 14.1. The van der Waals surface area contributed by atoms with E-state index in [4.69, 9.17) is 4.99 Å². The molecule has 0 aliphatic carbocycles. The Balaban J connectivity index is 1.53. The van der Waals surface area contributed by atoms with Gasteiger partial charge in [-0.05, 0) is 48.3 Å². The number of hydrogen-bond donors (Lipinski definition) is 2. The second-order valence-corrected chi connectivity index (χ2v) is 8.74. The van der Waals surface area contributed by atoms with E-state index in [1.54, 1.807) is 0 Å².